The fraction of sp³-hybridized carbons (Fsp3) is 0.200. The highest BCUT2D eigenvalue weighted by Crippen LogP contribution is 2.28. The number of hydrogen-bond acceptors (Lipinski definition) is 5. The Kier molecular flexibility index (Phi) is 5.86. The van der Waals surface area contributed by atoms with Crippen LogP contribution >= 0.6 is 11.3 Å². The molecule has 0 bridgehead atoms. The summed E-state index contributed by atoms with van der Waals surface area (Å²) in [6.07, 6.45) is 0.467. The third-order valence-corrected chi connectivity index (χ3v) is 4.46. The molecule has 0 radical (unpaired) electrons. The molecule has 0 spiro atoms. The maximum absolute atomic E-state index is 11.4. The molecule has 5 nitrogen and oxygen atoms in total. The second-order valence-electron chi connectivity index (χ2n) is 5.60. The zero-order valence-electron chi connectivity index (χ0n) is 14.8. The molecule has 0 saturated heterocycles. The largest absolute Gasteiger partial charge is 0.494 e. The van der Waals surface area contributed by atoms with Crippen LogP contribution in [0, 0.1) is 0 Å². The molecular formula is C20H21N3O2S. The Hall–Kier alpha value is -2.86. The lowest BCUT2D eigenvalue weighted by Gasteiger charge is -2.05. The van der Waals surface area contributed by atoms with Crippen molar-refractivity contribution in [1.82, 2.24) is 4.98 Å². The minimum atomic E-state index is 0.00764. The van der Waals surface area contributed by atoms with Crippen molar-refractivity contribution in [2.45, 2.75) is 20.3 Å². The second-order valence-corrected chi connectivity index (χ2v) is 6.46. The Balaban J connectivity index is 1.66. The molecule has 0 fully saturated rings. The molecule has 3 aromatic rings. The Morgan fingerprint density at radius 1 is 1.04 bits per heavy atom. The van der Waals surface area contributed by atoms with E-state index in [1.165, 1.54) is 0 Å². The Bertz CT molecular complexity index is 858. The first-order valence-corrected chi connectivity index (χ1v) is 9.41. The number of carbonyl (C=O) groups is 1. The molecular weight excluding hydrogens is 346 g/mol. The van der Waals surface area contributed by atoms with Gasteiger partial charge in [0.1, 0.15) is 5.75 Å². The van der Waals surface area contributed by atoms with Crippen molar-refractivity contribution >= 4 is 33.8 Å². The van der Waals surface area contributed by atoms with Crippen LogP contribution in [0.25, 0.3) is 11.3 Å². The van der Waals surface area contributed by atoms with Gasteiger partial charge >= 0.3 is 0 Å². The van der Waals surface area contributed by atoms with E-state index in [0.717, 1.165) is 33.5 Å². The van der Waals surface area contributed by atoms with Gasteiger partial charge in [0.2, 0.25) is 5.91 Å². The average Bonchev–Trinajstić information content (AvgIpc) is 3.12. The normalized spacial score (nSPS) is 10.4. The summed E-state index contributed by atoms with van der Waals surface area (Å²) < 4.78 is 5.45. The van der Waals surface area contributed by atoms with Gasteiger partial charge in [-0.05, 0) is 43.3 Å². The molecule has 2 aromatic carbocycles. The molecule has 6 heteroatoms. The number of nitrogens with one attached hydrogen (secondary N) is 2. The fourth-order valence-electron chi connectivity index (χ4n) is 2.36. The van der Waals surface area contributed by atoms with Crippen LogP contribution < -0.4 is 15.4 Å². The van der Waals surface area contributed by atoms with Gasteiger partial charge in [-0.3, -0.25) is 4.79 Å². The monoisotopic (exact) mass is 367 g/mol. The van der Waals surface area contributed by atoms with Crippen LogP contribution in [-0.2, 0) is 4.79 Å². The van der Waals surface area contributed by atoms with Crippen molar-refractivity contribution in [3.63, 3.8) is 0 Å². The standard InChI is InChI=1S/C20H21N3O2S/c1-3-19(24)21-15-7-5-14(6-8-15)18-13-26-20(23-18)22-16-9-11-17(12-10-16)25-4-2/h5-13H,3-4H2,1-2H3,(H,21,24)(H,22,23). The lowest BCUT2D eigenvalue weighted by molar-refractivity contribution is -0.115. The molecule has 1 aromatic heterocycles. The van der Waals surface area contributed by atoms with Gasteiger partial charge in [0.15, 0.2) is 5.13 Å². The number of ether oxygens (including phenoxy) is 1. The Morgan fingerprint density at radius 3 is 2.38 bits per heavy atom. The molecule has 0 unspecified atom stereocenters. The number of hydrogen-bond donors (Lipinski definition) is 2. The van der Waals surface area contributed by atoms with Crippen molar-refractivity contribution in [3.05, 3.63) is 53.9 Å². The van der Waals surface area contributed by atoms with Gasteiger partial charge in [0.25, 0.3) is 0 Å². The van der Waals surface area contributed by atoms with Gasteiger partial charge in [-0.15, -0.1) is 11.3 Å². The third-order valence-electron chi connectivity index (χ3n) is 3.71. The SMILES string of the molecule is CCOc1ccc(Nc2nc(-c3ccc(NC(=O)CC)cc3)cs2)cc1. The number of thiazole rings is 1. The number of anilines is 3. The Morgan fingerprint density at radius 2 is 1.73 bits per heavy atom. The van der Waals surface area contributed by atoms with E-state index in [-0.39, 0.29) is 5.91 Å². The van der Waals surface area contributed by atoms with Gasteiger partial charge in [-0.25, -0.2) is 4.98 Å². The molecule has 0 aliphatic rings. The first-order valence-electron chi connectivity index (χ1n) is 8.53. The van der Waals surface area contributed by atoms with Crippen molar-refractivity contribution < 1.29 is 9.53 Å². The molecule has 3 rings (SSSR count). The summed E-state index contributed by atoms with van der Waals surface area (Å²) in [5.74, 6) is 0.862. The highest BCUT2D eigenvalue weighted by molar-refractivity contribution is 7.14. The van der Waals surface area contributed by atoms with Crippen LogP contribution in [0.1, 0.15) is 20.3 Å². The average molecular weight is 367 g/mol. The van der Waals surface area contributed by atoms with E-state index in [9.17, 15) is 4.79 Å². The van der Waals surface area contributed by atoms with E-state index in [2.05, 4.69) is 15.6 Å². The van der Waals surface area contributed by atoms with E-state index in [4.69, 9.17) is 4.74 Å². The summed E-state index contributed by atoms with van der Waals surface area (Å²) in [6, 6.07) is 15.5. The van der Waals surface area contributed by atoms with E-state index in [0.29, 0.717) is 13.0 Å². The lowest BCUT2D eigenvalue weighted by Crippen LogP contribution is -2.08. The number of amides is 1. The molecule has 2 N–H and O–H groups in total. The second kappa shape index (κ2) is 8.49. The number of benzene rings is 2. The first kappa shape index (κ1) is 17.9. The van der Waals surface area contributed by atoms with Gasteiger partial charge in [0.05, 0.1) is 12.3 Å². The summed E-state index contributed by atoms with van der Waals surface area (Å²) in [6.45, 7) is 4.45. The summed E-state index contributed by atoms with van der Waals surface area (Å²) >= 11 is 1.55. The summed E-state index contributed by atoms with van der Waals surface area (Å²) in [4.78, 5) is 16.1. The predicted octanol–water partition coefficient (Wildman–Crippen LogP) is 5.30. The minimum Gasteiger partial charge on any atom is -0.494 e. The van der Waals surface area contributed by atoms with Gasteiger partial charge in [-0.2, -0.15) is 0 Å². The van der Waals surface area contributed by atoms with Crippen LogP contribution in [0.3, 0.4) is 0 Å². The van der Waals surface area contributed by atoms with Crippen LogP contribution in [-0.4, -0.2) is 17.5 Å². The van der Waals surface area contributed by atoms with Crippen LogP contribution in [0.4, 0.5) is 16.5 Å². The molecule has 0 saturated carbocycles. The lowest BCUT2D eigenvalue weighted by atomic mass is 10.1. The minimum absolute atomic E-state index is 0.00764. The number of carbonyl (C=O) groups excluding carboxylic acids is 1. The van der Waals surface area contributed by atoms with E-state index < -0.39 is 0 Å². The smallest absolute Gasteiger partial charge is 0.224 e. The molecule has 0 atom stereocenters. The topological polar surface area (TPSA) is 63.2 Å². The van der Waals surface area contributed by atoms with Crippen molar-refractivity contribution in [2.75, 3.05) is 17.2 Å². The summed E-state index contributed by atoms with van der Waals surface area (Å²) in [5, 5.41) is 8.98. The molecule has 1 amide bonds. The summed E-state index contributed by atoms with van der Waals surface area (Å²) in [5.41, 5.74) is 3.67. The molecule has 26 heavy (non-hydrogen) atoms. The number of nitrogens with zero attached hydrogens (tertiary/aromatic N) is 1. The van der Waals surface area contributed by atoms with Crippen LogP contribution in [0.5, 0.6) is 5.75 Å². The van der Waals surface area contributed by atoms with Crippen LogP contribution in [0.15, 0.2) is 53.9 Å². The maximum Gasteiger partial charge on any atom is 0.224 e. The van der Waals surface area contributed by atoms with E-state index in [1.54, 1.807) is 11.3 Å². The third kappa shape index (κ3) is 4.61. The molecule has 134 valence electrons. The number of aromatic nitrogens is 1. The van der Waals surface area contributed by atoms with E-state index in [1.807, 2.05) is 67.8 Å². The van der Waals surface area contributed by atoms with Crippen molar-refractivity contribution in [2.24, 2.45) is 0 Å². The van der Waals surface area contributed by atoms with Crippen molar-refractivity contribution in [1.29, 1.82) is 0 Å². The highest BCUT2D eigenvalue weighted by atomic mass is 32.1. The van der Waals surface area contributed by atoms with Gasteiger partial charge in [-0.1, -0.05) is 19.1 Å². The van der Waals surface area contributed by atoms with Gasteiger partial charge in [0, 0.05) is 28.7 Å². The molecule has 0 aliphatic carbocycles. The Labute approximate surface area is 157 Å². The maximum atomic E-state index is 11.4. The quantitative estimate of drug-likeness (QED) is 0.595. The summed E-state index contributed by atoms with van der Waals surface area (Å²) in [7, 11) is 0. The predicted molar refractivity (Wildman–Crippen MR) is 107 cm³/mol. The fourth-order valence-corrected chi connectivity index (χ4v) is 3.10. The van der Waals surface area contributed by atoms with Crippen LogP contribution in [0.2, 0.25) is 0 Å². The molecule has 0 aliphatic heterocycles. The first-order chi connectivity index (χ1) is 12.7. The number of rotatable bonds is 7. The highest BCUT2D eigenvalue weighted by Gasteiger charge is 2.06. The zero-order valence-corrected chi connectivity index (χ0v) is 15.6. The molecule has 1 heterocycles. The zero-order chi connectivity index (χ0) is 18.4. The van der Waals surface area contributed by atoms with Gasteiger partial charge < -0.3 is 15.4 Å². The van der Waals surface area contributed by atoms with E-state index >= 15 is 0 Å². The van der Waals surface area contributed by atoms with Crippen molar-refractivity contribution in [3.8, 4) is 17.0 Å².